The maximum absolute atomic E-state index is 11.7. The Balaban J connectivity index is 3.22. The van der Waals surface area contributed by atoms with E-state index in [-0.39, 0.29) is 24.7 Å². The van der Waals surface area contributed by atoms with E-state index in [2.05, 4.69) is 6.58 Å². The molecule has 1 rings (SSSR count). The van der Waals surface area contributed by atoms with Crippen molar-refractivity contribution in [2.24, 2.45) is 0 Å². The van der Waals surface area contributed by atoms with Crippen LogP contribution >= 0.6 is 0 Å². The molecule has 0 aliphatic carbocycles. The summed E-state index contributed by atoms with van der Waals surface area (Å²) in [6.07, 6.45) is 1.18. The Morgan fingerprint density at radius 2 is 2.00 bits per heavy atom. The largest absolute Gasteiger partial charge is 0.487 e. The normalized spacial score (nSPS) is 22.5. The average molecular weight is 256 g/mol. The summed E-state index contributed by atoms with van der Waals surface area (Å²) >= 11 is 0. The van der Waals surface area contributed by atoms with Gasteiger partial charge in [-0.25, -0.2) is 4.79 Å². The summed E-state index contributed by atoms with van der Waals surface area (Å²) in [5.41, 5.74) is 0. The van der Waals surface area contributed by atoms with Crippen molar-refractivity contribution in [2.45, 2.75) is 26.6 Å². The van der Waals surface area contributed by atoms with E-state index in [4.69, 9.17) is 18.9 Å². The molecular weight excluding hydrogens is 240 g/mol. The van der Waals surface area contributed by atoms with Crippen molar-refractivity contribution in [1.29, 1.82) is 0 Å². The van der Waals surface area contributed by atoms with Gasteiger partial charge in [0.25, 0.3) is 5.76 Å². The SMILES string of the molecule is C=CC1(OC(C)=O)OC(=O)C(OCC)=C1OCC. The summed E-state index contributed by atoms with van der Waals surface area (Å²) in [4.78, 5) is 22.8. The molecule has 0 spiro atoms. The maximum atomic E-state index is 11.7. The van der Waals surface area contributed by atoms with E-state index in [0.29, 0.717) is 0 Å². The number of cyclic esters (lactones) is 1. The summed E-state index contributed by atoms with van der Waals surface area (Å²) in [6, 6.07) is 0. The predicted molar refractivity (Wildman–Crippen MR) is 61.1 cm³/mol. The lowest BCUT2D eigenvalue weighted by molar-refractivity contribution is -0.198. The number of hydrogen-bond acceptors (Lipinski definition) is 6. The van der Waals surface area contributed by atoms with Crippen molar-refractivity contribution in [2.75, 3.05) is 13.2 Å². The molecule has 0 aromatic carbocycles. The standard InChI is InChI=1S/C12H16O6/c1-5-12(17-8(4)13)10(16-7-3)9(15-6-2)11(14)18-12/h5H,1,6-7H2,2-4H3. The molecule has 6 heteroatoms. The molecule has 6 nitrogen and oxygen atoms in total. The highest BCUT2D eigenvalue weighted by Crippen LogP contribution is 2.36. The Bertz CT molecular complexity index is 397. The molecule has 1 heterocycles. The summed E-state index contributed by atoms with van der Waals surface area (Å²) in [6.45, 7) is 8.66. The van der Waals surface area contributed by atoms with Crippen molar-refractivity contribution in [1.82, 2.24) is 0 Å². The average Bonchev–Trinajstić information content (AvgIpc) is 2.55. The Morgan fingerprint density at radius 3 is 2.44 bits per heavy atom. The molecule has 0 fully saturated rings. The van der Waals surface area contributed by atoms with Gasteiger partial charge in [0.1, 0.15) is 0 Å². The van der Waals surface area contributed by atoms with Gasteiger partial charge >= 0.3 is 17.7 Å². The molecule has 1 unspecified atom stereocenters. The molecule has 0 aromatic heterocycles. The molecule has 0 saturated carbocycles. The minimum atomic E-state index is -1.73. The molecule has 100 valence electrons. The third-order valence-electron chi connectivity index (χ3n) is 2.09. The second-order valence-electron chi connectivity index (χ2n) is 3.38. The quantitative estimate of drug-likeness (QED) is 0.526. The van der Waals surface area contributed by atoms with Gasteiger partial charge in [-0.3, -0.25) is 4.79 Å². The Kier molecular flexibility index (Phi) is 4.36. The minimum Gasteiger partial charge on any atom is -0.487 e. The van der Waals surface area contributed by atoms with Crippen molar-refractivity contribution in [3.8, 4) is 0 Å². The molecule has 1 atom stereocenters. The predicted octanol–water partition coefficient (Wildman–Crippen LogP) is 1.27. The second kappa shape index (κ2) is 5.57. The Morgan fingerprint density at radius 1 is 1.39 bits per heavy atom. The summed E-state index contributed by atoms with van der Waals surface area (Å²) < 4.78 is 20.5. The fourth-order valence-electron chi connectivity index (χ4n) is 1.52. The monoisotopic (exact) mass is 256 g/mol. The highest BCUT2D eigenvalue weighted by atomic mass is 16.8. The molecule has 0 N–H and O–H groups in total. The number of carbonyl (C=O) groups excluding carboxylic acids is 2. The van der Waals surface area contributed by atoms with Crippen LogP contribution in [0, 0.1) is 0 Å². The molecule has 1 aliphatic heterocycles. The van der Waals surface area contributed by atoms with Gasteiger partial charge in [-0.2, -0.15) is 0 Å². The van der Waals surface area contributed by atoms with Crippen LogP contribution in [0.25, 0.3) is 0 Å². The van der Waals surface area contributed by atoms with E-state index < -0.39 is 17.7 Å². The Labute approximate surface area is 105 Å². The van der Waals surface area contributed by atoms with Crippen molar-refractivity contribution in [3.05, 3.63) is 24.2 Å². The molecule has 0 radical (unpaired) electrons. The zero-order chi connectivity index (χ0) is 13.8. The van der Waals surface area contributed by atoms with Gasteiger partial charge in [-0.1, -0.05) is 6.58 Å². The number of rotatable bonds is 6. The number of esters is 2. The molecular formula is C12H16O6. The van der Waals surface area contributed by atoms with E-state index in [1.807, 2.05) is 0 Å². The molecule has 1 aliphatic rings. The number of ether oxygens (including phenoxy) is 4. The van der Waals surface area contributed by atoms with Gasteiger partial charge in [0, 0.05) is 13.0 Å². The van der Waals surface area contributed by atoms with E-state index in [0.717, 1.165) is 0 Å². The number of carbonyl (C=O) groups is 2. The van der Waals surface area contributed by atoms with Gasteiger partial charge in [0.15, 0.2) is 0 Å². The first-order valence-electron chi connectivity index (χ1n) is 5.57. The van der Waals surface area contributed by atoms with Crippen LogP contribution in [0.5, 0.6) is 0 Å². The third kappa shape index (κ3) is 2.47. The zero-order valence-corrected chi connectivity index (χ0v) is 10.6. The van der Waals surface area contributed by atoms with Crippen molar-refractivity contribution >= 4 is 11.9 Å². The molecule has 0 aromatic rings. The van der Waals surface area contributed by atoms with Gasteiger partial charge in [-0.05, 0) is 13.8 Å². The third-order valence-corrected chi connectivity index (χ3v) is 2.09. The van der Waals surface area contributed by atoms with Crippen molar-refractivity contribution in [3.63, 3.8) is 0 Å². The topological polar surface area (TPSA) is 71.1 Å². The lowest BCUT2D eigenvalue weighted by Crippen LogP contribution is -2.36. The van der Waals surface area contributed by atoms with Crippen LogP contribution in [-0.4, -0.2) is 30.9 Å². The van der Waals surface area contributed by atoms with Crippen LogP contribution in [0.3, 0.4) is 0 Å². The van der Waals surface area contributed by atoms with Crippen molar-refractivity contribution < 1.29 is 28.5 Å². The maximum Gasteiger partial charge on any atom is 0.381 e. The highest BCUT2D eigenvalue weighted by molar-refractivity contribution is 5.91. The van der Waals surface area contributed by atoms with E-state index in [1.54, 1.807) is 13.8 Å². The molecule has 0 bridgehead atoms. The first-order valence-corrected chi connectivity index (χ1v) is 5.57. The van der Waals surface area contributed by atoms with Crippen LogP contribution in [0.2, 0.25) is 0 Å². The van der Waals surface area contributed by atoms with Crippen LogP contribution in [0.15, 0.2) is 24.2 Å². The van der Waals surface area contributed by atoms with E-state index in [9.17, 15) is 9.59 Å². The number of hydrogen-bond donors (Lipinski definition) is 0. The van der Waals surface area contributed by atoms with E-state index in [1.165, 1.54) is 13.0 Å². The van der Waals surface area contributed by atoms with Crippen LogP contribution in [0.1, 0.15) is 20.8 Å². The smallest absolute Gasteiger partial charge is 0.381 e. The van der Waals surface area contributed by atoms with Crippen LogP contribution in [-0.2, 0) is 28.5 Å². The zero-order valence-electron chi connectivity index (χ0n) is 10.6. The molecule has 18 heavy (non-hydrogen) atoms. The minimum absolute atomic E-state index is 0.0158. The first kappa shape index (κ1) is 14.1. The lowest BCUT2D eigenvalue weighted by atomic mass is 10.2. The van der Waals surface area contributed by atoms with Gasteiger partial charge in [0.2, 0.25) is 5.76 Å². The summed E-state index contributed by atoms with van der Waals surface area (Å²) in [7, 11) is 0. The summed E-state index contributed by atoms with van der Waals surface area (Å²) in [5.74, 6) is -3.19. The molecule has 0 saturated heterocycles. The first-order chi connectivity index (χ1) is 8.50. The van der Waals surface area contributed by atoms with Gasteiger partial charge < -0.3 is 18.9 Å². The lowest BCUT2D eigenvalue weighted by Gasteiger charge is -2.25. The second-order valence-corrected chi connectivity index (χ2v) is 3.38. The van der Waals surface area contributed by atoms with E-state index >= 15 is 0 Å². The Hall–Kier alpha value is -1.98. The highest BCUT2D eigenvalue weighted by Gasteiger charge is 2.52. The van der Waals surface area contributed by atoms with Crippen LogP contribution in [0.4, 0.5) is 0 Å². The fourth-order valence-corrected chi connectivity index (χ4v) is 1.52. The van der Waals surface area contributed by atoms with Gasteiger partial charge in [0.05, 0.1) is 13.2 Å². The summed E-state index contributed by atoms with van der Waals surface area (Å²) in [5, 5.41) is 0. The molecule has 0 amide bonds. The fraction of sp³-hybridized carbons (Fsp3) is 0.500. The van der Waals surface area contributed by atoms with Crippen LogP contribution < -0.4 is 0 Å². The van der Waals surface area contributed by atoms with Gasteiger partial charge in [-0.15, -0.1) is 0 Å².